The summed E-state index contributed by atoms with van der Waals surface area (Å²) in [4.78, 5) is 27.6. The van der Waals surface area contributed by atoms with E-state index in [-0.39, 0.29) is 0 Å². The summed E-state index contributed by atoms with van der Waals surface area (Å²) in [5.41, 5.74) is 2.55. The molecule has 0 N–H and O–H groups in total. The lowest BCUT2D eigenvalue weighted by Crippen LogP contribution is -2.21. The van der Waals surface area contributed by atoms with Gasteiger partial charge in [-0.15, -0.1) is 16.4 Å². The first-order chi connectivity index (χ1) is 16.3. The normalized spacial score (nSPS) is 14.7. The van der Waals surface area contributed by atoms with Crippen LogP contribution in [0.15, 0.2) is 81.8 Å². The van der Waals surface area contributed by atoms with Gasteiger partial charge in [-0.2, -0.15) is 0 Å². The molecule has 1 atom stereocenters. The molecular formula is C24H13N5O3S. The van der Waals surface area contributed by atoms with Crippen LogP contribution in [-0.2, 0) is 0 Å². The predicted molar refractivity (Wildman–Crippen MR) is 122 cm³/mol. The van der Waals surface area contributed by atoms with E-state index in [1.807, 2.05) is 47.8 Å². The molecule has 1 aliphatic rings. The third kappa shape index (κ3) is 2.66. The SMILES string of the molecule is O=c1oc2ccccc2c2c1C(c1cccs1)c1c(ncn3nc(-c4ccncc4)nc13)O2. The molecule has 0 saturated carbocycles. The first kappa shape index (κ1) is 18.2. The van der Waals surface area contributed by atoms with E-state index >= 15 is 0 Å². The standard InChI is InChI=1S/C24H13N5O3S/c30-24-18-17(16-6-3-11-33-16)19-22-27-21(13-7-9-25-10-8-13)28-29(22)12-26-23(19)32-20(18)14-4-1-2-5-15(14)31-24/h1-12,17H. The van der Waals surface area contributed by atoms with Gasteiger partial charge in [-0.3, -0.25) is 4.98 Å². The molecule has 33 heavy (non-hydrogen) atoms. The van der Waals surface area contributed by atoms with Crippen molar-refractivity contribution in [3.8, 4) is 23.0 Å². The number of benzene rings is 1. The van der Waals surface area contributed by atoms with Crippen molar-refractivity contribution in [2.75, 3.05) is 0 Å². The maximum absolute atomic E-state index is 13.2. The molecule has 0 spiro atoms. The fourth-order valence-corrected chi connectivity index (χ4v) is 5.14. The third-order valence-electron chi connectivity index (χ3n) is 5.73. The Kier molecular flexibility index (Phi) is 3.76. The van der Waals surface area contributed by atoms with Crippen molar-refractivity contribution in [2.45, 2.75) is 5.92 Å². The first-order valence-corrected chi connectivity index (χ1v) is 11.1. The van der Waals surface area contributed by atoms with Crippen LogP contribution in [0.4, 0.5) is 0 Å². The Morgan fingerprint density at radius 1 is 1.00 bits per heavy atom. The largest absolute Gasteiger partial charge is 0.437 e. The Morgan fingerprint density at radius 2 is 1.88 bits per heavy atom. The molecule has 7 rings (SSSR count). The van der Waals surface area contributed by atoms with Gasteiger partial charge in [-0.1, -0.05) is 18.2 Å². The van der Waals surface area contributed by atoms with Crippen LogP contribution < -0.4 is 10.4 Å². The zero-order valence-corrected chi connectivity index (χ0v) is 17.7. The van der Waals surface area contributed by atoms with Crippen LogP contribution in [0.2, 0.25) is 0 Å². The molecule has 0 fully saturated rings. The number of fused-ring (bicyclic) bond motifs is 6. The number of ether oxygens (including phenoxy) is 1. The number of pyridine rings is 1. The summed E-state index contributed by atoms with van der Waals surface area (Å²) in [6.45, 7) is 0. The summed E-state index contributed by atoms with van der Waals surface area (Å²) in [7, 11) is 0. The molecule has 5 aromatic heterocycles. The van der Waals surface area contributed by atoms with Gasteiger partial charge in [0.25, 0.3) is 0 Å². The number of hydrogen-bond acceptors (Lipinski definition) is 8. The lowest BCUT2D eigenvalue weighted by Gasteiger charge is -2.26. The van der Waals surface area contributed by atoms with Crippen molar-refractivity contribution in [3.63, 3.8) is 0 Å². The quantitative estimate of drug-likeness (QED) is 0.353. The molecule has 9 heteroatoms. The smallest absolute Gasteiger partial charge is 0.344 e. The Labute approximate surface area is 189 Å². The van der Waals surface area contributed by atoms with E-state index in [9.17, 15) is 4.79 Å². The fraction of sp³-hybridized carbons (Fsp3) is 0.0417. The lowest BCUT2D eigenvalue weighted by atomic mass is 9.88. The monoisotopic (exact) mass is 451 g/mol. The van der Waals surface area contributed by atoms with Gasteiger partial charge in [0.2, 0.25) is 5.88 Å². The zero-order chi connectivity index (χ0) is 21.9. The Hall–Kier alpha value is -4.37. The number of hydrogen-bond donors (Lipinski definition) is 0. The molecule has 6 heterocycles. The Morgan fingerprint density at radius 3 is 2.73 bits per heavy atom. The highest BCUT2D eigenvalue weighted by Crippen LogP contribution is 2.49. The van der Waals surface area contributed by atoms with Crippen molar-refractivity contribution in [1.82, 2.24) is 24.6 Å². The summed E-state index contributed by atoms with van der Waals surface area (Å²) in [5, 5.41) is 7.30. The minimum atomic E-state index is -0.449. The van der Waals surface area contributed by atoms with Crippen molar-refractivity contribution in [2.24, 2.45) is 0 Å². The second kappa shape index (κ2) is 6.81. The van der Waals surface area contributed by atoms with Gasteiger partial charge in [0, 0.05) is 22.8 Å². The van der Waals surface area contributed by atoms with E-state index in [1.165, 1.54) is 0 Å². The van der Waals surface area contributed by atoms with Gasteiger partial charge in [-0.05, 0) is 35.7 Å². The minimum Gasteiger partial charge on any atom is -0.437 e. The van der Waals surface area contributed by atoms with Crippen LogP contribution in [0, 0.1) is 0 Å². The zero-order valence-electron chi connectivity index (χ0n) is 16.9. The molecule has 1 unspecified atom stereocenters. The summed E-state index contributed by atoms with van der Waals surface area (Å²) >= 11 is 1.55. The predicted octanol–water partition coefficient (Wildman–Crippen LogP) is 4.64. The number of aromatic nitrogens is 5. The van der Waals surface area contributed by atoms with Gasteiger partial charge >= 0.3 is 5.63 Å². The molecule has 0 bridgehead atoms. The second-order valence-electron chi connectivity index (χ2n) is 7.58. The van der Waals surface area contributed by atoms with Gasteiger partial charge in [0.05, 0.1) is 22.4 Å². The maximum Gasteiger partial charge on any atom is 0.344 e. The van der Waals surface area contributed by atoms with Crippen molar-refractivity contribution >= 4 is 28.0 Å². The van der Waals surface area contributed by atoms with Gasteiger partial charge in [0.15, 0.2) is 17.2 Å². The molecule has 1 aliphatic heterocycles. The summed E-state index contributed by atoms with van der Waals surface area (Å²) in [5.74, 6) is 0.959. The van der Waals surface area contributed by atoms with E-state index in [1.54, 1.807) is 40.6 Å². The maximum atomic E-state index is 13.2. The van der Waals surface area contributed by atoms with E-state index in [0.29, 0.717) is 39.8 Å². The minimum absolute atomic E-state index is 0.401. The van der Waals surface area contributed by atoms with Gasteiger partial charge in [0.1, 0.15) is 11.9 Å². The highest BCUT2D eigenvalue weighted by molar-refractivity contribution is 7.10. The molecule has 0 amide bonds. The van der Waals surface area contributed by atoms with E-state index in [2.05, 4.69) is 15.1 Å². The highest BCUT2D eigenvalue weighted by atomic mass is 32.1. The number of para-hydroxylation sites is 1. The third-order valence-corrected chi connectivity index (χ3v) is 6.67. The molecule has 1 aromatic carbocycles. The molecule has 158 valence electrons. The number of rotatable bonds is 2. The Bertz CT molecular complexity index is 1720. The summed E-state index contributed by atoms with van der Waals surface area (Å²) in [6, 6.07) is 15.0. The van der Waals surface area contributed by atoms with Crippen LogP contribution in [0.1, 0.15) is 21.9 Å². The summed E-state index contributed by atoms with van der Waals surface area (Å²) in [6.07, 6.45) is 4.97. The topological polar surface area (TPSA) is 95.4 Å². The molecule has 0 radical (unpaired) electrons. The molecule has 8 nitrogen and oxygen atoms in total. The van der Waals surface area contributed by atoms with E-state index < -0.39 is 11.5 Å². The molecule has 6 aromatic rings. The average Bonchev–Trinajstić information content (AvgIpc) is 3.54. The summed E-state index contributed by atoms with van der Waals surface area (Å²) < 4.78 is 13.6. The van der Waals surface area contributed by atoms with Crippen molar-refractivity contribution in [3.05, 3.63) is 99.1 Å². The van der Waals surface area contributed by atoms with Crippen LogP contribution in [-0.4, -0.2) is 24.6 Å². The van der Waals surface area contributed by atoms with Crippen LogP contribution in [0.5, 0.6) is 11.6 Å². The second-order valence-corrected chi connectivity index (χ2v) is 8.56. The fourth-order valence-electron chi connectivity index (χ4n) is 4.29. The van der Waals surface area contributed by atoms with Gasteiger partial charge < -0.3 is 9.15 Å². The van der Waals surface area contributed by atoms with Crippen molar-refractivity contribution < 1.29 is 9.15 Å². The van der Waals surface area contributed by atoms with E-state index in [0.717, 1.165) is 15.8 Å². The van der Waals surface area contributed by atoms with Crippen LogP contribution in [0.3, 0.4) is 0 Å². The molecule has 0 aliphatic carbocycles. The van der Waals surface area contributed by atoms with Crippen LogP contribution >= 0.6 is 11.3 Å². The van der Waals surface area contributed by atoms with Crippen LogP contribution in [0.25, 0.3) is 28.0 Å². The highest BCUT2D eigenvalue weighted by Gasteiger charge is 2.38. The number of nitrogens with zero attached hydrogens (tertiary/aromatic N) is 5. The molecule has 0 saturated heterocycles. The number of thiophene rings is 1. The lowest BCUT2D eigenvalue weighted by molar-refractivity contribution is 0.423. The Balaban J connectivity index is 1.56. The average molecular weight is 451 g/mol. The van der Waals surface area contributed by atoms with Crippen molar-refractivity contribution in [1.29, 1.82) is 0 Å². The van der Waals surface area contributed by atoms with E-state index in [4.69, 9.17) is 14.1 Å². The van der Waals surface area contributed by atoms with Gasteiger partial charge in [-0.25, -0.2) is 19.3 Å². The first-order valence-electron chi connectivity index (χ1n) is 10.2. The molecular weight excluding hydrogens is 438 g/mol.